The van der Waals surface area contributed by atoms with Crippen molar-refractivity contribution >= 4 is 5.91 Å². The van der Waals surface area contributed by atoms with Crippen LogP contribution in [0.25, 0.3) is 0 Å². The van der Waals surface area contributed by atoms with Crippen molar-refractivity contribution in [3.05, 3.63) is 0 Å². The molecule has 4 heteroatoms. The van der Waals surface area contributed by atoms with Gasteiger partial charge in [-0.3, -0.25) is 9.69 Å². The van der Waals surface area contributed by atoms with Crippen molar-refractivity contribution in [2.75, 3.05) is 40.3 Å². The Balaban J connectivity index is 2.26. The van der Waals surface area contributed by atoms with Crippen molar-refractivity contribution in [2.24, 2.45) is 0 Å². The van der Waals surface area contributed by atoms with Gasteiger partial charge in [-0.15, -0.1) is 0 Å². The van der Waals surface area contributed by atoms with Crippen molar-refractivity contribution in [1.82, 2.24) is 15.1 Å². The lowest BCUT2D eigenvalue weighted by Crippen LogP contribution is -2.45. The molecule has 0 radical (unpaired) electrons. The van der Waals surface area contributed by atoms with Crippen LogP contribution in [0.2, 0.25) is 0 Å². The van der Waals surface area contributed by atoms with Crippen molar-refractivity contribution in [3.8, 4) is 0 Å². The van der Waals surface area contributed by atoms with Crippen molar-refractivity contribution in [2.45, 2.75) is 25.8 Å². The van der Waals surface area contributed by atoms with E-state index in [4.69, 9.17) is 0 Å². The van der Waals surface area contributed by atoms with E-state index in [0.717, 1.165) is 32.5 Å². The van der Waals surface area contributed by atoms with E-state index in [0.29, 0.717) is 12.6 Å². The number of likely N-dealkylation sites (tertiary alicyclic amines) is 1. The van der Waals surface area contributed by atoms with Crippen LogP contribution in [0.5, 0.6) is 0 Å². The van der Waals surface area contributed by atoms with Crippen LogP contribution in [-0.2, 0) is 4.79 Å². The SMILES string of the molecule is CCN(C)C(=O)CN1CCC(NC)CC1. The lowest BCUT2D eigenvalue weighted by atomic mass is 10.1. The largest absolute Gasteiger partial charge is 0.345 e. The van der Waals surface area contributed by atoms with Crippen LogP contribution in [0.15, 0.2) is 0 Å². The Labute approximate surface area is 92.6 Å². The average Bonchev–Trinajstić information content (AvgIpc) is 2.29. The number of hydrogen-bond donors (Lipinski definition) is 1. The molecule has 0 aromatic rings. The van der Waals surface area contributed by atoms with E-state index in [1.807, 2.05) is 21.0 Å². The van der Waals surface area contributed by atoms with Crippen molar-refractivity contribution in [1.29, 1.82) is 0 Å². The molecule has 1 saturated heterocycles. The van der Waals surface area contributed by atoms with Crippen LogP contribution >= 0.6 is 0 Å². The molecule has 4 nitrogen and oxygen atoms in total. The number of nitrogens with zero attached hydrogens (tertiary/aromatic N) is 2. The molecule has 0 unspecified atom stereocenters. The molecule has 0 spiro atoms. The molecule has 1 aliphatic rings. The van der Waals surface area contributed by atoms with Gasteiger partial charge in [-0.1, -0.05) is 0 Å². The molecule has 1 rings (SSSR count). The van der Waals surface area contributed by atoms with Crippen molar-refractivity contribution < 1.29 is 4.79 Å². The quantitative estimate of drug-likeness (QED) is 0.722. The highest BCUT2D eigenvalue weighted by atomic mass is 16.2. The van der Waals surface area contributed by atoms with Gasteiger partial charge in [-0.05, 0) is 26.8 Å². The smallest absolute Gasteiger partial charge is 0.236 e. The number of hydrogen-bond acceptors (Lipinski definition) is 3. The molecule has 0 aromatic heterocycles. The summed E-state index contributed by atoms with van der Waals surface area (Å²) in [5, 5.41) is 3.29. The van der Waals surface area contributed by atoms with Gasteiger partial charge in [0.2, 0.25) is 5.91 Å². The number of amides is 1. The van der Waals surface area contributed by atoms with Crippen molar-refractivity contribution in [3.63, 3.8) is 0 Å². The van der Waals surface area contributed by atoms with Gasteiger partial charge in [0.05, 0.1) is 6.54 Å². The topological polar surface area (TPSA) is 35.6 Å². The van der Waals surface area contributed by atoms with E-state index in [1.54, 1.807) is 4.90 Å². The lowest BCUT2D eigenvalue weighted by Gasteiger charge is -2.32. The molecule has 15 heavy (non-hydrogen) atoms. The molecule has 0 saturated carbocycles. The molecule has 88 valence electrons. The Morgan fingerprint density at radius 2 is 2.07 bits per heavy atom. The molecule has 0 aromatic carbocycles. The Hall–Kier alpha value is -0.610. The second kappa shape index (κ2) is 6.08. The Kier molecular flexibility index (Phi) is 5.05. The second-order valence-electron chi connectivity index (χ2n) is 4.25. The van der Waals surface area contributed by atoms with Crippen LogP contribution in [0, 0.1) is 0 Å². The van der Waals surface area contributed by atoms with E-state index in [2.05, 4.69) is 10.2 Å². The molecular weight excluding hydrogens is 190 g/mol. The molecule has 0 bridgehead atoms. The minimum absolute atomic E-state index is 0.236. The number of piperidine rings is 1. The number of carbonyl (C=O) groups is 1. The molecule has 0 aliphatic carbocycles. The van der Waals surface area contributed by atoms with E-state index in [-0.39, 0.29) is 5.91 Å². The summed E-state index contributed by atoms with van der Waals surface area (Å²) < 4.78 is 0. The lowest BCUT2D eigenvalue weighted by molar-refractivity contribution is -0.131. The van der Waals surface area contributed by atoms with Gasteiger partial charge in [0.25, 0.3) is 0 Å². The highest BCUT2D eigenvalue weighted by Crippen LogP contribution is 2.09. The number of likely N-dealkylation sites (N-methyl/N-ethyl adjacent to an activating group) is 1. The highest BCUT2D eigenvalue weighted by molar-refractivity contribution is 5.77. The zero-order valence-electron chi connectivity index (χ0n) is 10.1. The third kappa shape index (κ3) is 3.80. The maximum Gasteiger partial charge on any atom is 0.236 e. The zero-order chi connectivity index (χ0) is 11.3. The maximum atomic E-state index is 11.7. The van der Waals surface area contributed by atoms with Gasteiger partial charge < -0.3 is 10.2 Å². The fourth-order valence-corrected chi connectivity index (χ4v) is 1.87. The first kappa shape index (κ1) is 12.5. The van der Waals surface area contributed by atoms with E-state index >= 15 is 0 Å². The standard InChI is InChI=1S/C11H23N3O/c1-4-13(3)11(15)9-14-7-5-10(12-2)6-8-14/h10,12H,4-9H2,1-3H3. The maximum absolute atomic E-state index is 11.7. The van der Waals surface area contributed by atoms with Crippen LogP contribution in [0.4, 0.5) is 0 Å². The minimum Gasteiger partial charge on any atom is -0.345 e. The molecule has 1 fully saturated rings. The van der Waals surface area contributed by atoms with Crippen LogP contribution < -0.4 is 5.32 Å². The van der Waals surface area contributed by atoms with Gasteiger partial charge >= 0.3 is 0 Å². The first-order chi connectivity index (χ1) is 7.17. The summed E-state index contributed by atoms with van der Waals surface area (Å²) in [5.41, 5.74) is 0. The number of rotatable bonds is 4. The predicted octanol–water partition coefficient (Wildman–Crippen LogP) is 0.149. The van der Waals surface area contributed by atoms with E-state index in [1.165, 1.54) is 0 Å². The monoisotopic (exact) mass is 213 g/mol. The van der Waals surface area contributed by atoms with Crippen LogP contribution in [-0.4, -0.2) is 62.0 Å². The third-order valence-corrected chi connectivity index (χ3v) is 3.25. The van der Waals surface area contributed by atoms with Gasteiger partial charge in [-0.25, -0.2) is 0 Å². The molecule has 1 heterocycles. The summed E-state index contributed by atoms with van der Waals surface area (Å²) in [4.78, 5) is 15.7. The number of nitrogens with one attached hydrogen (secondary N) is 1. The fourth-order valence-electron chi connectivity index (χ4n) is 1.87. The highest BCUT2D eigenvalue weighted by Gasteiger charge is 2.20. The summed E-state index contributed by atoms with van der Waals surface area (Å²) in [6, 6.07) is 0.639. The summed E-state index contributed by atoms with van der Waals surface area (Å²) in [6.45, 7) is 5.46. The van der Waals surface area contributed by atoms with Crippen LogP contribution in [0.3, 0.4) is 0 Å². The van der Waals surface area contributed by atoms with E-state index in [9.17, 15) is 4.79 Å². The van der Waals surface area contributed by atoms with Crippen LogP contribution in [0.1, 0.15) is 19.8 Å². The summed E-state index contributed by atoms with van der Waals surface area (Å²) in [6.07, 6.45) is 2.30. The summed E-state index contributed by atoms with van der Waals surface area (Å²) in [5.74, 6) is 0.236. The minimum atomic E-state index is 0.236. The Bertz CT molecular complexity index is 200. The van der Waals surface area contributed by atoms with Gasteiger partial charge in [-0.2, -0.15) is 0 Å². The molecular formula is C11H23N3O. The first-order valence-electron chi connectivity index (χ1n) is 5.81. The second-order valence-corrected chi connectivity index (χ2v) is 4.25. The molecule has 1 N–H and O–H groups in total. The molecule has 1 amide bonds. The fraction of sp³-hybridized carbons (Fsp3) is 0.909. The Morgan fingerprint density at radius 1 is 1.47 bits per heavy atom. The van der Waals surface area contributed by atoms with Gasteiger partial charge in [0.15, 0.2) is 0 Å². The summed E-state index contributed by atoms with van der Waals surface area (Å²) >= 11 is 0. The Morgan fingerprint density at radius 3 is 2.53 bits per heavy atom. The van der Waals surface area contributed by atoms with Gasteiger partial charge in [0, 0.05) is 32.7 Å². The number of carbonyl (C=O) groups excluding carboxylic acids is 1. The normalized spacial score (nSPS) is 19.1. The predicted molar refractivity (Wildman–Crippen MR) is 61.8 cm³/mol. The first-order valence-corrected chi connectivity index (χ1v) is 5.81. The molecule has 1 aliphatic heterocycles. The van der Waals surface area contributed by atoms with E-state index < -0.39 is 0 Å². The third-order valence-electron chi connectivity index (χ3n) is 3.25. The summed E-state index contributed by atoms with van der Waals surface area (Å²) in [7, 11) is 3.87. The molecule has 0 atom stereocenters. The average molecular weight is 213 g/mol. The van der Waals surface area contributed by atoms with Gasteiger partial charge in [0.1, 0.15) is 0 Å². The zero-order valence-corrected chi connectivity index (χ0v) is 10.1.